The number of rotatable bonds is 4. The molecule has 0 amide bonds. The lowest BCUT2D eigenvalue weighted by Crippen LogP contribution is -2.42. The van der Waals surface area contributed by atoms with Crippen LogP contribution >= 0.6 is 0 Å². The van der Waals surface area contributed by atoms with Crippen molar-refractivity contribution in [3.8, 4) is 6.07 Å². The third-order valence-electron chi connectivity index (χ3n) is 5.20. The summed E-state index contributed by atoms with van der Waals surface area (Å²) in [5.41, 5.74) is -4.38. The van der Waals surface area contributed by atoms with Crippen LogP contribution in [0.1, 0.15) is 49.9 Å². The number of nitrogens with zero attached hydrogens (tertiary/aromatic N) is 4. The maximum atomic E-state index is 14.6. The molecule has 0 radical (unpaired) electrons. The van der Waals surface area contributed by atoms with Crippen LogP contribution in [-0.4, -0.2) is 50.7 Å². The summed E-state index contributed by atoms with van der Waals surface area (Å²) < 4.78 is 61.8. The topological polar surface area (TPSA) is 95.5 Å². The first-order valence-corrected chi connectivity index (χ1v) is 9.05. The van der Waals surface area contributed by atoms with Gasteiger partial charge in [0.05, 0.1) is 41.7 Å². The first-order chi connectivity index (χ1) is 13.4. The molecule has 3 rings (SSSR count). The van der Waals surface area contributed by atoms with Crippen LogP contribution < -0.4 is 5.32 Å². The van der Waals surface area contributed by atoms with Crippen molar-refractivity contribution in [2.75, 3.05) is 18.5 Å². The number of aliphatic hydroxyl groups is 1. The summed E-state index contributed by atoms with van der Waals surface area (Å²) in [5.74, 6) is -1.10. The average molecular weight is 415 g/mol. The summed E-state index contributed by atoms with van der Waals surface area (Å²) in [5, 5.41) is 26.4. The predicted molar refractivity (Wildman–Crippen MR) is 95.2 cm³/mol. The lowest BCUT2D eigenvalue weighted by atomic mass is 9.89. The third-order valence-corrected chi connectivity index (χ3v) is 5.20. The standard InChI is InChI=1S/C18H21F4N5O2/c1-9(17(2,3)19)15-10(6-23)14(18(20,21)22)12-7-24-16(26-27(12)15)25-11-4-5-29-8-13(11)28/h7,9,11,13,28H,4-5,8H2,1-3H3,(H,25,26)/t9?,11-,13-/m1/s1. The Morgan fingerprint density at radius 3 is 2.62 bits per heavy atom. The Balaban J connectivity index is 2.18. The minimum atomic E-state index is -4.84. The molecule has 29 heavy (non-hydrogen) atoms. The highest BCUT2D eigenvalue weighted by atomic mass is 19.4. The lowest BCUT2D eigenvalue weighted by molar-refractivity contribution is -0.136. The molecular weight excluding hydrogens is 394 g/mol. The van der Waals surface area contributed by atoms with Crippen molar-refractivity contribution in [2.24, 2.45) is 0 Å². The van der Waals surface area contributed by atoms with Crippen LogP contribution in [0.2, 0.25) is 0 Å². The molecule has 2 aromatic rings. The predicted octanol–water partition coefficient (Wildman–Crippen LogP) is 3.03. The van der Waals surface area contributed by atoms with Gasteiger partial charge >= 0.3 is 6.18 Å². The van der Waals surface area contributed by atoms with E-state index in [9.17, 15) is 27.9 Å². The van der Waals surface area contributed by atoms with E-state index in [2.05, 4.69) is 15.4 Å². The Kier molecular flexibility index (Phi) is 5.44. The number of aliphatic hydroxyl groups excluding tert-OH is 1. The number of aromatic nitrogens is 3. The van der Waals surface area contributed by atoms with Crippen molar-refractivity contribution < 1.29 is 27.4 Å². The number of ether oxygens (including phenoxy) is 1. The Labute approximate surface area is 164 Å². The Bertz CT molecular complexity index is 945. The molecule has 158 valence electrons. The first-order valence-electron chi connectivity index (χ1n) is 9.05. The van der Waals surface area contributed by atoms with E-state index in [-0.39, 0.29) is 18.2 Å². The maximum absolute atomic E-state index is 14.6. The van der Waals surface area contributed by atoms with Gasteiger partial charge in [0.25, 0.3) is 0 Å². The summed E-state index contributed by atoms with van der Waals surface area (Å²) in [6.07, 6.45) is -4.28. The molecule has 3 heterocycles. The number of nitriles is 1. The van der Waals surface area contributed by atoms with Crippen LogP contribution in [0, 0.1) is 11.3 Å². The van der Waals surface area contributed by atoms with E-state index in [4.69, 9.17) is 4.74 Å². The zero-order chi connectivity index (χ0) is 21.6. The number of anilines is 1. The quantitative estimate of drug-likeness (QED) is 0.746. The third kappa shape index (κ3) is 4.00. The van der Waals surface area contributed by atoms with Gasteiger partial charge in [-0.3, -0.25) is 0 Å². The van der Waals surface area contributed by atoms with Gasteiger partial charge in [-0.1, -0.05) is 6.92 Å². The molecule has 1 fully saturated rings. The fourth-order valence-corrected chi connectivity index (χ4v) is 3.32. The first kappa shape index (κ1) is 21.3. The minimum Gasteiger partial charge on any atom is -0.389 e. The van der Waals surface area contributed by atoms with E-state index in [1.165, 1.54) is 20.8 Å². The monoisotopic (exact) mass is 415 g/mol. The van der Waals surface area contributed by atoms with E-state index in [0.29, 0.717) is 13.0 Å². The van der Waals surface area contributed by atoms with E-state index in [1.54, 1.807) is 6.07 Å². The van der Waals surface area contributed by atoms with Crippen molar-refractivity contribution >= 4 is 11.5 Å². The van der Waals surface area contributed by atoms with Crippen molar-refractivity contribution in [3.05, 3.63) is 23.0 Å². The summed E-state index contributed by atoms with van der Waals surface area (Å²) in [4.78, 5) is 3.92. The van der Waals surface area contributed by atoms with E-state index >= 15 is 0 Å². The van der Waals surface area contributed by atoms with Gasteiger partial charge in [0.15, 0.2) is 0 Å². The Morgan fingerprint density at radius 2 is 2.07 bits per heavy atom. The van der Waals surface area contributed by atoms with E-state index in [0.717, 1.165) is 10.7 Å². The Morgan fingerprint density at radius 1 is 1.38 bits per heavy atom. The second-order valence-electron chi connectivity index (χ2n) is 7.59. The van der Waals surface area contributed by atoms with Gasteiger partial charge in [0, 0.05) is 12.5 Å². The number of halogens is 4. The van der Waals surface area contributed by atoms with Gasteiger partial charge < -0.3 is 15.2 Å². The summed E-state index contributed by atoms with van der Waals surface area (Å²) in [6, 6.07) is 1.12. The highest BCUT2D eigenvalue weighted by Gasteiger charge is 2.43. The average Bonchev–Trinajstić information content (AvgIpc) is 2.95. The van der Waals surface area contributed by atoms with Crippen LogP contribution in [0.4, 0.5) is 23.5 Å². The number of alkyl halides is 4. The van der Waals surface area contributed by atoms with E-state index < -0.39 is 46.6 Å². The molecule has 11 heteroatoms. The van der Waals surface area contributed by atoms with Crippen molar-refractivity contribution in [2.45, 2.75) is 57.1 Å². The molecule has 0 aliphatic carbocycles. The summed E-state index contributed by atoms with van der Waals surface area (Å²) in [6.45, 7) is 4.36. The molecule has 1 aliphatic rings. The molecule has 0 spiro atoms. The number of hydrogen-bond donors (Lipinski definition) is 2. The van der Waals surface area contributed by atoms with E-state index in [1.807, 2.05) is 0 Å². The highest BCUT2D eigenvalue weighted by Crippen LogP contribution is 2.42. The molecule has 0 saturated carbocycles. The molecule has 2 N–H and O–H groups in total. The van der Waals surface area contributed by atoms with Gasteiger partial charge in [-0.2, -0.15) is 18.4 Å². The largest absolute Gasteiger partial charge is 0.419 e. The number of nitrogens with one attached hydrogen (secondary N) is 1. The van der Waals surface area contributed by atoms with Crippen molar-refractivity contribution in [3.63, 3.8) is 0 Å². The molecule has 7 nitrogen and oxygen atoms in total. The van der Waals surface area contributed by atoms with Crippen LogP contribution in [0.5, 0.6) is 0 Å². The SMILES string of the molecule is CC(c1c(C#N)c(C(F)(F)F)c2cnc(N[C@@H]3CCOC[C@H]3O)nn12)C(C)(C)F. The molecule has 1 saturated heterocycles. The fourth-order valence-electron chi connectivity index (χ4n) is 3.32. The Hall–Kier alpha value is -2.45. The molecule has 2 aromatic heterocycles. The molecule has 1 aliphatic heterocycles. The summed E-state index contributed by atoms with van der Waals surface area (Å²) in [7, 11) is 0. The van der Waals surface area contributed by atoms with Gasteiger partial charge in [-0.25, -0.2) is 13.9 Å². The molecule has 3 atom stereocenters. The van der Waals surface area contributed by atoms with Crippen molar-refractivity contribution in [1.29, 1.82) is 5.26 Å². The van der Waals surface area contributed by atoms with Gasteiger partial charge in [-0.15, -0.1) is 5.10 Å². The number of hydrogen-bond acceptors (Lipinski definition) is 6. The van der Waals surface area contributed by atoms with Gasteiger partial charge in [0.1, 0.15) is 17.3 Å². The molecular formula is C18H21F4N5O2. The molecule has 0 aromatic carbocycles. The van der Waals surface area contributed by atoms with Crippen LogP contribution in [-0.2, 0) is 10.9 Å². The smallest absolute Gasteiger partial charge is 0.389 e. The number of fused-ring (bicyclic) bond motifs is 1. The minimum absolute atomic E-state index is 0.0400. The highest BCUT2D eigenvalue weighted by molar-refractivity contribution is 5.66. The van der Waals surface area contributed by atoms with Gasteiger partial charge in [-0.05, 0) is 20.3 Å². The van der Waals surface area contributed by atoms with Crippen LogP contribution in [0.25, 0.3) is 5.52 Å². The molecule has 1 unspecified atom stereocenters. The molecule has 0 bridgehead atoms. The zero-order valence-electron chi connectivity index (χ0n) is 16.1. The second-order valence-corrected chi connectivity index (χ2v) is 7.59. The maximum Gasteiger partial charge on any atom is 0.419 e. The van der Waals surface area contributed by atoms with Crippen LogP contribution in [0.15, 0.2) is 6.20 Å². The second kappa shape index (κ2) is 7.42. The lowest BCUT2D eigenvalue weighted by Gasteiger charge is -2.28. The normalized spacial score (nSPS) is 21.8. The zero-order valence-corrected chi connectivity index (χ0v) is 16.1. The van der Waals surface area contributed by atoms with Crippen molar-refractivity contribution in [1.82, 2.24) is 14.6 Å². The summed E-state index contributed by atoms with van der Waals surface area (Å²) >= 11 is 0. The van der Waals surface area contributed by atoms with Crippen LogP contribution in [0.3, 0.4) is 0 Å². The van der Waals surface area contributed by atoms with Gasteiger partial charge in [0.2, 0.25) is 5.95 Å². The fraction of sp³-hybridized carbons (Fsp3) is 0.611.